The first-order valence-corrected chi connectivity index (χ1v) is 7.65. The predicted octanol–water partition coefficient (Wildman–Crippen LogP) is 1.87. The highest BCUT2D eigenvalue weighted by Gasteiger charge is 2.14. The van der Waals surface area contributed by atoms with Gasteiger partial charge in [-0.1, -0.05) is 12.1 Å². The summed E-state index contributed by atoms with van der Waals surface area (Å²) in [5.41, 5.74) is 3.99. The summed E-state index contributed by atoms with van der Waals surface area (Å²) in [6.45, 7) is 3.46. The number of benzene rings is 1. The van der Waals surface area contributed by atoms with Gasteiger partial charge in [-0.2, -0.15) is 5.10 Å². The molecule has 2 aromatic rings. The van der Waals surface area contributed by atoms with Crippen molar-refractivity contribution in [2.75, 3.05) is 26.0 Å². The van der Waals surface area contributed by atoms with Gasteiger partial charge < -0.3 is 15.5 Å². The van der Waals surface area contributed by atoms with Gasteiger partial charge in [-0.3, -0.25) is 9.48 Å². The van der Waals surface area contributed by atoms with Gasteiger partial charge in [-0.05, 0) is 24.6 Å². The summed E-state index contributed by atoms with van der Waals surface area (Å²) in [5, 5.41) is 10.6. The molecule has 2 N–H and O–H groups in total. The topological polar surface area (TPSA) is 62.2 Å². The number of nitrogens with one attached hydrogen (secondary N) is 2. The number of rotatable bonds is 6. The molecule has 0 atom stereocenters. The van der Waals surface area contributed by atoms with E-state index in [0.29, 0.717) is 12.1 Å². The Balaban J connectivity index is 0.00000288. The van der Waals surface area contributed by atoms with Gasteiger partial charge in [0.25, 0.3) is 5.91 Å². The highest BCUT2D eigenvalue weighted by Crippen LogP contribution is 2.21. The number of aryl methyl sites for hydroxylation is 2. The number of aromatic nitrogens is 2. The van der Waals surface area contributed by atoms with Crippen LogP contribution in [-0.4, -0.2) is 36.8 Å². The summed E-state index contributed by atoms with van der Waals surface area (Å²) in [6, 6.07) is 7.65. The van der Waals surface area contributed by atoms with Gasteiger partial charge in [-0.15, -0.1) is 12.4 Å². The molecule has 0 fully saturated rings. The minimum atomic E-state index is -0.0650. The molecule has 0 aliphatic carbocycles. The van der Waals surface area contributed by atoms with Crippen LogP contribution < -0.4 is 15.5 Å². The molecule has 0 aliphatic heterocycles. The van der Waals surface area contributed by atoms with Gasteiger partial charge in [0.2, 0.25) is 0 Å². The van der Waals surface area contributed by atoms with E-state index in [0.717, 1.165) is 23.6 Å². The maximum atomic E-state index is 11.7. The van der Waals surface area contributed by atoms with E-state index in [1.807, 2.05) is 57.0 Å². The number of halogens is 1. The van der Waals surface area contributed by atoms with E-state index in [1.54, 1.807) is 7.05 Å². The van der Waals surface area contributed by atoms with Crippen molar-refractivity contribution >= 4 is 24.1 Å². The largest absolute Gasteiger partial charge is 0.363 e. The van der Waals surface area contributed by atoms with E-state index in [2.05, 4.69) is 20.6 Å². The van der Waals surface area contributed by atoms with Crippen LogP contribution in [0.25, 0.3) is 0 Å². The molecule has 0 unspecified atom stereocenters. The smallest absolute Gasteiger partial charge is 0.251 e. The Morgan fingerprint density at radius 1 is 1.29 bits per heavy atom. The minimum absolute atomic E-state index is 0. The standard InChI is InChI=1S/C17H25N5O.ClH/c1-12-15(17(21(3)4)22(5)20-12)11-19-10-13-7-6-8-14(9-13)16(23)18-2;/h6-9,19H,10-11H2,1-5H3,(H,18,23);1H. The van der Waals surface area contributed by atoms with E-state index >= 15 is 0 Å². The van der Waals surface area contributed by atoms with Crippen LogP contribution >= 0.6 is 12.4 Å². The maximum Gasteiger partial charge on any atom is 0.251 e. The minimum Gasteiger partial charge on any atom is -0.363 e. The third-order valence-electron chi connectivity index (χ3n) is 3.78. The lowest BCUT2D eigenvalue weighted by Crippen LogP contribution is -2.20. The molecule has 24 heavy (non-hydrogen) atoms. The van der Waals surface area contributed by atoms with Crippen molar-refractivity contribution in [1.82, 2.24) is 20.4 Å². The van der Waals surface area contributed by atoms with E-state index in [9.17, 15) is 4.79 Å². The number of hydrogen-bond acceptors (Lipinski definition) is 4. The molecule has 0 saturated heterocycles. The normalized spacial score (nSPS) is 10.2. The summed E-state index contributed by atoms with van der Waals surface area (Å²) in [4.78, 5) is 13.8. The number of carbonyl (C=O) groups excluding carboxylic acids is 1. The fraction of sp³-hybridized carbons (Fsp3) is 0.412. The molecule has 7 heteroatoms. The summed E-state index contributed by atoms with van der Waals surface area (Å²) in [5.74, 6) is 1.04. The fourth-order valence-corrected chi connectivity index (χ4v) is 2.75. The Labute approximate surface area is 149 Å². The van der Waals surface area contributed by atoms with E-state index in [1.165, 1.54) is 5.56 Å². The molecule has 0 saturated carbocycles. The van der Waals surface area contributed by atoms with Crippen molar-refractivity contribution in [3.8, 4) is 0 Å². The Kier molecular flexibility index (Phi) is 7.25. The van der Waals surface area contributed by atoms with Crippen LogP contribution in [0.2, 0.25) is 0 Å². The highest BCUT2D eigenvalue weighted by atomic mass is 35.5. The molecular weight excluding hydrogens is 326 g/mol. The van der Waals surface area contributed by atoms with Crippen LogP contribution in [0.4, 0.5) is 5.82 Å². The average Bonchev–Trinajstić information content (AvgIpc) is 2.81. The van der Waals surface area contributed by atoms with Crippen molar-refractivity contribution < 1.29 is 4.79 Å². The second-order valence-corrected chi connectivity index (χ2v) is 5.79. The van der Waals surface area contributed by atoms with Crippen molar-refractivity contribution in [3.63, 3.8) is 0 Å². The van der Waals surface area contributed by atoms with E-state index in [-0.39, 0.29) is 18.3 Å². The lowest BCUT2D eigenvalue weighted by atomic mass is 10.1. The number of carbonyl (C=O) groups is 1. The third kappa shape index (κ3) is 4.49. The van der Waals surface area contributed by atoms with Crippen LogP contribution in [0.1, 0.15) is 27.2 Å². The molecule has 132 valence electrons. The molecular formula is C17H26ClN5O. The second-order valence-electron chi connectivity index (χ2n) is 5.79. The van der Waals surface area contributed by atoms with Crippen molar-refractivity contribution in [1.29, 1.82) is 0 Å². The molecule has 2 rings (SSSR count). The lowest BCUT2D eigenvalue weighted by molar-refractivity contribution is 0.0963. The number of anilines is 1. The highest BCUT2D eigenvalue weighted by molar-refractivity contribution is 5.94. The second kappa shape index (κ2) is 8.70. The molecule has 0 radical (unpaired) electrons. The molecule has 0 bridgehead atoms. The summed E-state index contributed by atoms with van der Waals surface area (Å²) in [6.07, 6.45) is 0. The monoisotopic (exact) mass is 351 g/mol. The van der Waals surface area contributed by atoms with Crippen molar-refractivity contribution in [3.05, 3.63) is 46.6 Å². The Morgan fingerprint density at radius 2 is 2.00 bits per heavy atom. The quantitative estimate of drug-likeness (QED) is 0.834. The third-order valence-corrected chi connectivity index (χ3v) is 3.78. The first kappa shape index (κ1) is 20.0. The van der Waals surface area contributed by atoms with Crippen LogP contribution in [0.15, 0.2) is 24.3 Å². The molecule has 1 aromatic heterocycles. The van der Waals surface area contributed by atoms with Gasteiger partial charge in [0, 0.05) is 52.4 Å². The number of nitrogens with zero attached hydrogens (tertiary/aromatic N) is 3. The summed E-state index contributed by atoms with van der Waals surface area (Å²) < 4.78 is 1.90. The first-order chi connectivity index (χ1) is 10.9. The van der Waals surface area contributed by atoms with Gasteiger partial charge >= 0.3 is 0 Å². The van der Waals surface area contributed by atoms with Crippen molar-refractivity contribution in [2.45, 2.75) is 20.0 Å². The zero-order valence-electron chi connectivity index (χ0n) is 14.9. The van der Waals surface area contributed by atoms with Gasteiger partial charge in [0.1, 0.15) is 5.82 Å². The van der Waals surface area contributed by atoms with Crippen molar-refractivity contribution in [2.24, 2.45) is 7.05 Å². The Morgan fingerprint density at radius 3 is 2.62 bits per heavy atom. The van der Waals surface area contributed by atoms with Crippen LogP contribution in [-0.2, 0) is 20.1 Å². The average molecular weight is 352 g/mol. The summed E-state index contributed by atoms with van der Waals surface area (Å²) >= 11 is 0. The molecule has 0 spiro atoms. The zero-order valence-corrected chi connectivity index (χ0v) is 15.7. The molecule has 1 amide bonds. The lowest BCUT2D eigenvalue weighted by Gasteiger charge is -2.15. The van der Waals surface area contributed by atoms with Gasteiger partial charge in [0.15, 0.2) is 0 Å². The van der Waals surface area contributed by atoms with Crippen LogP contribution in [0.5, 0.6) is 0 Å². The van der Waals surface area contributed by atoms with Crippen LogP contribution in [0, 0.1) is 6.92 Å². The summed E-state index contributed by atoms with van der Waals surface area (Å²) in [7, 11) is 7.64. The number of amides is 1. The van der Waals surface area contributed by atoms with Gasteiger partial charge in [0.05, 0.1) is 5.69 Å². The Bertz CT molecular complexity index is 696. The maximum absolute atomic E-state index is 11.7. The Hall–Kier alpha value is -2.05. The van der Waals surface area contributed by atoms with E-state index < -0.39 is 0 Å². The zero-order chi connectivity index (χ0) is 17.0. The van der Waals surface area contributed by atoms with Crippen LogP contribution in [0.3, 0.4) is 0 Å². The molecule has 1 aromatic carbocycles. The van der Waals surface area contributed by atoms with E-state index in [4.69, 9.17) is 0 Å². The SMILES string of the molecule is CNC(=O)c1cccc(CNCc2c(C)nn(C)c2N(C)C)c1.Cl. The molecule has 6 nitrogen and oxygen atoms in total. The molecule has 0 aliphatic rings. The fourth-order valence-electron chi connectivity index (χ4n) is 2.75. The first-order valence-electron chi connectivity index (χ1n) is 7.65. The molecule has 1 heterocycles. The van der Waals surface area contributed by atoms with Gasteiger partial charge in [-0.25, -0.2) is 0 Å². The predicted molar refractivity (Wildman–Crippen MR) is 99.9 cm³/mol. The number of hydrogen-bond donors (Lipinski definition) is 2.